The van der Waals surface area contributed by atoms with Crippen molar-refractivity contribution in [1.82, 2.24) is 9.97 Å². The number of aliphatic carboxylic acids is 1. The maximum Gasteiger partial charge on any atom is 0.303 e. The number of hydrogen-bond acceptors (Lipinski definition) is 8. The van der Waals surface area contributed by atoms with E-state index < -0.39 is 11.5 Å². The van der Waals surface area contributed by atoms with Gasteiger partial charge in [-0.1, -0.05) is 12.1 Å². The van der Waals surface area contributed by atoms with E-state index in [1.807, 2.05) is 51.1 Å². The van der Waals surface area contributed by atoms with Crippen molar-refractivity contribution in [3.8, 4) is 34.0 Å². The molecule has 0 spiro atoms. The number of hydrazine groups is 1. The van der Waals surface area contributed by atoms with Gasteiger partial charge in [0.05, 0.1) is 18.3 Å². The van der Waals surface area contributed by atoms with Crippen molar-refractivity contribution in [1.29, 1.82) is 0 Å². The zero-order chi connectivity index (χ0) is 24.8. The predicted molar refractivity (Wildman–Crippen MR) is 131 cm³/mol. The molecule has 0 atom stereocenters. The largest absolute Gasteiger partial charge is 0.493 e. The number of anilines is 2. The minimum Gasteiger partial charge on any atom is -0.493 e. The first-order valence-electron chi connectivity index (χ1n) is 10.9. The fourth-order valence-corrected chi connectivity index (χ4v) is 3.46. The van der Waals surface area contributed by atoms with Crippen molar-refractivity contribution in [2.45, 2.75) is 39.7 Å². The number of carboxylic acid groups (broad SMARTS) is 1. The van der Waals surface area contributed by atoms with Crippen molar-refractivity contribution in [2.75, 3.05) is 17.8 Å². The summed E-state index contributed by atoms with van der Waals surface area (Å²) in [5, 5.41) is 9.13. The number of nitrogen functional groups attached to an aromatic ring is 2. The lowest BCUT2D eigenvalue weighted by molar-refractivity contribution is -0.136. The van der Waals surface area contributed by atoms with Crippen molar-refractivity contribution in [3.05, 3.63) is 52.3 Å². The van der Waals surface area contributed by atoms with Crippen LogP contribution in [0.25, 0.3) is 22.5 Å². The summed E-state index contributed by atoms with van der Waals surface area (Å²) < 4.78 is 11.7. The molecular formula is C24H29N5O5. The van der Waals surface area contributed by atoms with Gasteiger partial charge in [-0.2, -0.15) is 0 Å². The number of carboxylic acids is 1. The van der Waals surface area contributed by atoms with Gasteiger partial charge >= 0.3 is 5.97 Å². The molecular weight excluding hydrogens is 438 g/mol. The van der Waals surface area contributed by atoms with E-state index >= 15 is 0 Å². The SMILES string of the molecule is CCOc1cc(-c2ccc(OC(C)C)c(CCC(=O)O)c2)ccc1-c1nc(NN)c(N)c(=O)[nH]1. The van der Waals surface area contributed by atoms with Gasteiger partial charge in [-0.05, 0) is 68.1 Å². The third kappa shape index (κ3) is 5.65. The topological polar surface area (TPSA) is 166 Å². The number of aromatic nitrogens is 2. The predicted octanol–water partition coefficient (Wildman–Crippen LogP) is 3.17. The highest BCUT2D eigenvalue weighted by molar-refractivity contribution is 5.76. The van der Waals surface area contributed by atoms with Crippen LogP contribution in [0.2, 0.25) is 0 Å². The van der Waals surface area contributed by atoms with Gasteiger partial charge in [0, 0.05) is 6.42 Å². The Morgan fingerprint density at radius 1 is 1.18 bits per heavy atom. The number of aromatic amines is 1. The summed E-state index contributed by atoms with van der Waals surface area (Å²) in [5.74, 6) is 6.05. The normalized spacial score (nSPS) is 10.9. The van der Waals surface area contributed by atoms with E-state index in [4.69, 9.17) is 26.2 Å². The number of nitrogens with one attached hydrogen (secondary N) is 2. The molecule has 34 heavy (non-hydrogen) atoms. The van der Waals surface area contributed by atoms with Gasteiger partial charge < -0.3 is 30.7 Å². The van der Waals surface area contributed by atoms with Crippen molar-refractivity contribution >= 4 is 17.5 Å². The Kier molecular flexibility index (Phi) is 7.75. The van der Waals surface area contributed by atoms with Crippen LogP contribution in [0.4, 0.5) is 11.5 Å². The maximum absolute atomic E-state index is 12.2. The quantitative estimate of drug-likeness (QED) is 0.222. The third-order valence-electron chi connectivity index (χ3n) is 4.99. The molecule has 0 amide bonds. The molecule has 180 valence electrons. The van der Waals surface area contributed by atoms with Crippen LogP contribution in [0.1, 0.15) is 32.8 Å². The van der Waals surface area contributed by atoms with E-state index in [1.165, 1.54) is 0 Å². The van der Waals surface area contributed by atoms with Gasteiger partial charge in [-0.25, -0.2) is 10.8 Å². The maximum atomic E-state index is 12.2. The summed E-state index contributed by atoms with van der Waals surface area (Å²) >= 11 is 0. The Hall–Kier alpha value is -4.05. The second-order valence-corrected chi connectivity index (χ2v) is 7.85. The molecule has 0 saturated carbocycles. The number of nitrogens with two attached hydrogens (primary N) is 2. The minimum atomic E-state index is -0.875. The van der Waals surface area contributed by atoms with E-state index in [2.05, 4.69) is 15.4 Å². The summed E-state index contributed by atoms with van der Waals surface area (Å²) in [6.07, 6.45) is 0.294. The Balaban J connectivity index is 2.07. The van der Waals surface area contributed by atoms with Gasteiger partial charge in [-0.3, -0.25) is 9.59 Å². The van der Waals surface area contributed by atoms with Crippen LogP contribution in [0.3, 0.4) is 0 Å². The van der Waals surface area contributed by atoms with Crippen LogP contribution in [0, 0.1) is 0 Å². The molecule has 0 bridgehead atoms. The van der Waals surface area contributed by atoms with E-state index in [9.17, 15) is 9.59 Å². The highest BCUT2D eigenvalue weighted by Crippen LogP contribution is 2.35. The number of benzene rings is 2. The third-order valence-corrected chi connectivity index (χ3v) is 4.99. The number of carbonyl (C=O) groups is 1. The second-order valence-electron chi connectivity index (χ2n) is 7.85. The zero-order valence-electron chi connectivity index (χ0n) is 19.3. The molecule has 1 heterocycles. The van der Waals surface area contributed by atoms with Gasteiger partial charge in [-0.15, -0.1) is 0 Å². The average Bonchev–Trinajstić information content (AvgIpc) is 2.80. The summed E-state index contributed by atoms with van der Waals surface area (Å²) in [4.78, 5) is 30.3. The first-order valence-corrected chi connectivity index (χ1v) is 10.9. The van der Waals surface area contributed by atoms with E-state index in [0.29, 0.717) is 30.1 Å². The Labute approximate surface area is 196 Å². The zero-order valence-corrected chi connectivity index (χ0v) is 19.3. The molecule has 3 aromatic rings. The standard InChI is InChI=1S/C24H29N5O5/c1-4-33-19-12-15(5-8-17(19)22-27-23(29-26)21(25)24(32)28-22)14-6-9-18(34-13(2)3)16(11-14)7-10-20(30)31/h5-6,8-9,11-13H,4,7,10,25-26H2,1-3H3,(H,30,31)(H2,27,28,29,32). The molecule has 1 aromatic heterocycles. The van der Waals surface area contributed by atoms with Gasteiger partial charge in [0.2, 0.25) is 0 Å². The summed E-state index contributed by atoms with van der Waals surface area (Å²) in [6.45, 7) is 6.08. The lowest BCUT2D eigenvalue weighted by Crippen LogP contribution is -2.20. The molecule has 7 N–H and O–H groups in total. The molecule has 3 rings (SSSR count). The molecule has 0 aliphatic heterocycles. The fourth-order valence-electron chi connectivity index (χ4n) is 3.46. The lowest BCUT2D eigenvalue weighted by atomic mass is 9.98. The van der Waals surface area contributed by atoms with Crippen molar-refractivity contribution in [3.63, 3.8) is 0 Å². The molecule has 2 aromatic carbocycles. The second kappa shape index (κ2) is 10.7. The number of rotatable bonds is 10. The number of aryl methyl sites for hydroxylation is 1. The number of H-pyrrole nitrogens is 1. The molecule has 0 unspecified atom stereocenters. The van der Waals surface area contributed by atoms with Gasteiger partial charge in [0.25, 0.3) is 5.56 Å². The van der Waals surface area contributed by atoms with Crippen LogP contribution >= 0.6 is 0 Å². The van der Waals surface area contributed by atoms with E-state index in [0.717, 1.165) is 16.7 Å². The summed E-state index contributed by atoms with van der Waals surface area (Å²) in [5.41, 5.74) is 10.5. The van der Waals surface area contributed by atoms with Crippen molar-refractivity contribution < 1.29 is 19.4 Å². The van der Waals surface area contributed by atoms with Crippen LogP contribution in [-0.2, 0) is 11.2 Å². The highest BCUT2D eigenvalue weighted by Gasteiger charge is 2.16. The average molecular weight is 468 g/mol. The van der Waals surface area contributed by atoms with Crippen molar-refractivity contribution in [2.24, 2.45) is 5.84 Å². The van der Waals surface area contributed by atoms with E-state index in [1.54, 1.807) is 6.07 Å². The minimum absolute atomic E-state index is 0.00523. The van der Waals surface area contributed by atoms with Gasteiger partial charge in [0.1, 0.15) is 23.0 Å². The van der Waals surface area contributed by atoms with Crippen LogP contribution in [0.15, 0.2) is 41.2 Å². The van der Waals surface area contributed by atoms with Crippen LogP contribution < -0.4 is 32.0 Å². The summed E-state index contributed by atoms with van der Waals surface area (Å²) in [7, 11) is 0. The smallest absolute Gasteiger partial charge is 0.303 e. The fraction of sp³-hybridized carbons (Fsp3) is 0.292. The molecule has 0 aliphatic carbocycles. The molecule has 0 saturated heterocycles. The first-order chi connectivity index (χ1) is 16.2. The monoisotopic (exact) mass is 467 g/mol. The number of ether oxygens (including phenoxy) is 2. The molecule has 10 heteroatoms. The van der Waals surface area contributed by atoms with E-state index in [-0.39, 0.29) is 29.9 Å². The first kappa shape index (κ1) is 24.6. The molecule has 0 aliphatic rings. The Morgan fingerprint density at radius 2 is 1.88 bits per heavy atom. The van der Waals surface area contributed by atoms with Crippen LogP contribution in [-0.4, -0.2) is 33.8 Å². The van der Waals surface area contributed by atoms with Crippen LogP contribution in [0.5, 0.6) is 11.5 Å². The summed E-state index contributed by atoms with van der Waals surface area (Å²) in [6, 6.07) is 11.2. The number of nitrogens with zero attached hydrogens (tertiary/aromatic N) is 1. The highest BCUT2D eigenvalue weighted by atomic mass is 16.5. The Bertz CT molecular complexity index is 1240. The lowest BCUT2D eigenvalue weighted by Gasteiger charge is -2.16. The Morgan fingerprint density at radius 3 is 2.53 bits per heavy atom. The molecule has 10 nitrogen and oxygen atoms in total. The number of hydrogen-bond donors (Lipinski definition) is 5. The molecule has 0 radical (unpaired) electrons. The van der Waals surface area contributed by atoms with Gasteiger partial charge in [0.15, 0.2) is 5.82 Å². The molecule has 0 fully saturated rings.